The lowest BCUT2D eigenvalue weighted by Crippen LogP contribution is -2.12. The van der Waals surface area contributed by atoms with Gasteiger partial charge in [0.25, 0.3) is 0 Å². The molecular weight excluding hydrogens is 187 g/mol. The Bertz CT molecular complexity index is 192. The number of Topliss-reactive ketones (excluding diaryl/α,β-unsaturated/α-hetero) is 1. The summed E-state index contributed by atoms with van der Waals surface area (Å²) < 4.78 is 17.5. The normalized spacial score (nSPS) is 12.2. The SMILES string of the molecule is CCCC(F)CCOC(=O)CC(C)=O. The van der Waals surface area contributed by atoms with E-state index in [1.807, 2.05) is 6.92 Å². The highest BCUT2D eigenvalue weighted by Gasteiger charge is 2.09. The smallest absolute Gasteiger partial charge is 0.313 e. The molecule has 0 fully saturated rings. The number of rotatable bonds is 7. The van der Waals surface area contributed by atoms with E-state index in [2.05, 4.69) is 4.74 Å². The van der Waals surface area contributed by atoms with Gasteiger partial charge in [0.1, 0.15) is 18.4 Å². The molecule has 0 saturated heterocycles. The molecule has 0 aromatic rings. The van der Waals surface area contributed by atoms with E-state index in [0.717, 1.165) is 6.42 Å². The summed E-state index contributed by atoms with van der Waals surface area (Å²) in [6.45, 7) is 3.28. The van der Waals surface area contributed by atoms with Crippen LogP contribution in [0.2, 0.25) is 0 Å². The zero-order valence-electron chi connectivity index (χ0n) is 8.72. The van der Waals surface area contributed by atoms with Crippen molar-refractivity contribution < 1.29 is 18.7 Å². The molecule has 0 amide bonds. The van der Waals surface area contributed by atoms with Crippen LogP contribution in [0.15, 0.2) is 0 Å². The molecule has 0 aromatic heterocycles. The second kappa shape index (κ2) is 7.47. The lowest BCUT2D eigenvalue weighted by Gasteiger charge is -2.06. The maximum absolute atomic E-state index is 12.9. The van der Waals surface area contributed by atoms with Crippen molar-refractivity contribution in [2.24, 2.45) is 0 Å². The van der Waals surface area contributed by atoms with E-state index in [-0.39, 0.29) is 25.2 Å². The predicted octanol–water partition coefficient (Wildman–Crippen LogP) is 2.04. The van der Waals surface area contributed by atoms with Gasteiger partial charge in [-0.1, -0.05) is 13.3 Å². The molecule has 1 atom stereocenters. The summed E-state index contributed by atoms with van der Waals surface area (Å²) in [4.78, 5) is 21.3. The number of esters is 1. The minimum absolute atomic E-state index is 0.0628. The average Bonchev–Trinajstić information content (AvgIpc) is 2.02. The summed E-state index contributed by atoms with van der Waals surface area (Å²) in [6.07, 6.45) is 0.361. The van der Waals surface area contributed by atoms with Crippen LogP contribution in [0.1, 0.15) is 39.5 Å². The molecular formula is C10H17FO3. The minimum Gasteiger partial charge on any atom is -0.465 e. The summed E-state index contributed by atoms with van der Waals surface area (Å²) in [5, 5.41) is 0. The third kappa shape index (κ3) is 7.71. The van der Waals surface area contributed by atoms with Gasteiger partial charge in [-0.15, -0.1) is 0 Å². The maximum atomic E-state index is 12.9. The van der Waals surface area contributed by atoms with E-state index in [1.54, 1.807) is 0 Å². The van der Waals surface area contributed by atoms with Crippen molar-refractivity contribution in [3.63, 3.8) is 0 Å². The van der Waals surface area contributed by atoms with Crippen LogP contribution in [-0.2, 0) is 14.3 Å². The monoisotopic (exact) mass is 204 g/mol. The Kier molecular flexibility index (Phi) is 6.98. The van der Waals surface area contributed by atoms with Gasteiger partial charge in [0.05, 0.1) is 6.61 Å². The molecule has 0 aliphatic carbocycles. The van der Waals surface area contributed by atoms with Gasteiger partial charge in [-0.2, -0.15) is 0 Å². The zero-order chi connectivity index (χ0) is 11.0. The quantitative estimate of drug-likeness (QED) is 0.471. The van der Waals surface area contributed by atoms with Crippen LogP contribution in [-0.4, -0.2) is 24.5 Å². The molecule has 14 heavy (non-hydrogen) atoms. The fraction of sp³-hybridized carbons (Fsp3) is 0.800. The highest BCUT2D eigenvalue weighted by molar-refractivity contribution is 5.94. The van der Waals surface area contributed by atoms with Crippen LogP contribution in [0.5, 0.6) is 0 Å². The summed E-state index contributed by atoms with van der Waals surface area (Å²) >= 11 is 0. The Hall–Kier alpha value is -0.930. The van der Waals surface area contributed by atoms with E-state index in [9.17, 15) is 14.0 Å². The highest BCUT2D eigenvalue weighted by atomic mass is 19.1. The van der Waals surface area contributed by atoms with Gasteiger partial charge in [0.2, 0.25) is 0 Å². The second-order valence-electron chi connectivity index (χ2n) is 3.27. The number of ether oxygens (including phenoxy) is 1. The molecule has 0 aliphatic heterocycles. The van der Waals surface area contributed by atoms with Crippen molar-refractivity contribution in [1.29, 1.82) is 0 Å². The van der Waals surface area contributed by atoms with Gasteiger partial charge in [-0.05, 0) is 13.3 Å². The van der Waals surface area contributed by atoms with Crippen molar-refractivity contribution in [1.82, 2.24) is 0 Å². The van der Waals surface area contributed by atoms with Crippen LogP contribution in [0.25, 0.3) is 0 Å². The Morgan fingerprint density at radius 3 is 2.50 bits per heavy atom. The van der Waals surface area contributed by atoms with E-state index in [1.165, 1.54) is 6.92 Å². The molecule has 4 heteroatoms. The number of hydrogen-bond donors (Lipinski definition) is 0. The van der Waals surface area contributed by atoms with Gasteiger partial charge >= 0.3 is 5.97 Å². The van der Waals surface area contributed by atoms with Gasteiger partial charge in [0, 0.05) is 6.42 Å². The van der Waals surface area contributed by atoms with E-state index in [0.29, 0.717) is 6.42 Å². The molecule has 82 valence electrons. The van der Waals surface area contributed by atoms with Gasteiger partial charge in [-0.3, -0.25) is 9.59 Å². The minimum atomic E-state index is -0.912. The summed E-state index contributed by atoms with van der Waals surface area (Å²) in [5.41, 5.74) is 0. The van der Waals surface area contributed by atoms with Crippen molar-refractivity contribution in [2.45, 2.75) is 45.7 Å². The highest BCUT2D eigenvalue weighted by Crippen LogP contribution is 2.06. The van der Waals surface area contributed by atoms with Gasteiger partial charge in [0.15, 0.2) is 0 Å². The summed E-state index contributed by atoms with van der Waals surface area (Å²) in [5.74, 6) is -0.804. The molecule has 0 aliphatic rings. The van der Waals surface area contributed by atoms with E-state index in [4.69, 9.17) is 0 Å². The Morgan fingerprint density at radius 2 is 2.00 bits per heavy atom. The number of carbonyl (C=O) groups is 2. The molecule has 0 heterocycles. The van der Waals surface area contributed by atoms with Crippen LogP contribution in [0.4, 0.5) is 4.39 Å². The fourth-order valence-corrected chi connectivity index (χ4v) is 1.01. The Labute approximate surface area is 83.6 Å². The zero-order valence-corrected chi connectivity index (χ0v) is 8.72. The first-order chi connectivity index (χ1) is 6.56. The van der Waals surface area contributed by atoms with Crippen molar-refractivity contribution in [3.8, 4) is 0 Å². The molecule has 0 radical (unpaired) electrons. The molecule has 0 aromatic carbocycles. The maximum Gasteiger partial charge on any atom is 0.313 e. The molecule has 0 bridgehead atoms. The summed E-state index contributed by atoms with van der Waals surface area (Å²) in [6, 6.07) is 0. The van der Waals surface area contributed by atoms with Crippen LogP contribution in [0.3, 0.4) is 0 Å². The van der Waals surface area contributed by atoms with Crippen molar-refractivity contribution >= 4 is 11.8 Å². The van der Waals surface area contributed by atoms with Gasteiger partial charge in [-0.25, -0.2) is 4.39 Å². The van der Waals surface area contributed by atoms with E-state index < -0.39 is 12.1 Å². The second-order valence-corrected chi connectivity index (χ2v) is 3.27. The van der Waals surface area contributed by atoms with Crippen LogP contribution < -0.4 is 0 Å². The first-order valence-electron chi connectivity index (χ1n) is 4.85. The number of carbonyl (C=O) groups excluding carboxylic acids is 2. The Morgan fingerprint density at radius 1 is 1.36 bits per heavy atom. The summed E-state index contributed by atoms with van der Waals surface area (Å²) in [7, 11) is 0. The lowest BCUT2D eigenvalue weighted by molar-refractivity contribution is -0.146. The standard InChI is InChI=1S/C10H17FO3/c1-3-4-9(11)5-6-14-10(13)7-8(2)12/h9H,3-7H2,1-2H3. The first kappa shape index (κ1) is 13.1. The molecule has 0 N–H and O–H groups in total. The topological polar surface area (TPSA) is 43.4 Å². The Balaban J connectivity index is 3.44. The van der Waals surface area contributed by atoms with Gasteiger partial charge < -0.3 is 4.74 Å². The first-order valence-corrected chi connectivity index (χ1v) is 4.85. The molecule has 1 unspecified atom stereocenters. The number of ketones is 1. The third-order valence-corrected chi connectivity index (χ3v) is 1.69. The average molecular weight is 204 g/mol. The molecule has 0 spiro atoms. The van der Waals surface area contributed by atoms with E-state index >= 15 is 0 Å². The van der Waals surface area contributed by atoms with Crippen LogP contribution >= 0.6 is 0 Å². The molecule has 0 rings (SSSR count). The van der Waals surface area contributed by atoms with Crippen molar-refractivity contribution in [3.05, 3.63) is 0 Å². The largest absolute Gasteiger partial charge is 0.465 e. The predicted molar refractivity (Wildman–Crippen MR) is 50.7 cm³/mol. The fourth-order valence-electron chi connectivity index (χ4n) is 1.01. The number of alkyl halides is 1. The van der Waals surface area contributed by atoms with Crippen LogP contribution in [0, 0.1) is 0 Å². The number of halogens is 1. The third-order valence-electron chi connectivity index (χ3n) is 1.69. The van der Waals surface area contributed by atoms with Crippen molar-refractivity contribution in [2.75, 3.05) is 6.61 Å². The molecule has 3 nitrogen and oxygen atoms in total. The molecule has 0 saturated carbocycles. The lowest BCUT2D eigenvalue weighted by atomic mass is 10.2. The number of hydrogen-bond acceptors (Lipinski definition) is 3.